The maximum absolute atomic E-state index is 12.4. The molecule has 0 radical (unpaired) electrons. The highest BCUT2D eigenvalue weighted by Crippen LogP contribution is 2.23. The molecule has 156 valence electrons. The number of amides is 1. The number of aryl methyl sites for hydroxylation is 2. The Bertz CT molecular complexity index is 1130. The van der Waals surface area contributed by atoms with E-state index in [1.54, 1.807) is 36.7 Å². The van der Waals surface area contributed by atoms with Crippen LogP contribution in [0.5, 0.6) is 0 Å². The maximum atomic E-state index is 12.4. The van der Waals surface area contributed by atoms with Gasteiger partial charge in [0.1, 0.15) is 0 Å². The van der Waals surface area contributed by atoms with E-state index < -0.39 is 10.0 Å². The molecule has 2 aromatic carbocycles. The number of pyridine rings is 1. The SMILES string of the molecule is Cc1ccc(N(Cc2ccc(C(=O)NCc3cccnc3)cc2)S(C)(=O)=O)cc1C. The number of sulfonamides is 1. The minimum Gasteiger partial charge on any atom is -0.348 e. The zero-order valence-corrected chi connectivity index (χ0v) is 18.1. The first-order chi connectivity index (χ1) is 14.2. The third-order valence-corrected chi connectivity index (χ3v) is 6.04. The summed E-state index contributed by atoms with van der Waals surface area (Å²) in [7, 11) is -3.46. The van der Waals surface area contributed by atoms with Gasteiger partial charge in [0, 0.05) is 24.5 Å². The van der Waals surface area contributed by atoms with E-state index in [2.05, 4.69) is 10.3 Å². The van der Waals surface area contributed by atoms with Gasteiger partial charge in [-0.3, -0.25) is 14.1 Å². The van der Waals surface area contributed by atoms with Crippen molar-refractivity contribution in [2.24, 2.45) is 0 Å². The summed E-state index contributed by atoms with van der Waals surface area (Å²) in [5.74, 6) is -0.195. The standard InChI is InChI=1S/C23H25N3O3S/c1-17-6-11-22(13-18(17)2)26(30(3,28)29)16-19-7-9-21(10-8-19)23(27)25-15-20-5-4-12-24-14-20/h4-14H,15-16H2,1-3H3,(H,25,27). The highest BCUT2D eigenvalue weighted by Gasteiger charge is 2.18. The van der Waals surface area contributed by atoms with Gasteiger partial charge in [-0.05, 0) is 66.4 Å². The highest BCUT2D eigenvalue weighted by atomic mass is 32.2. The van der Waals surface area contributed by atoms with Gasteiger partial charge in [-0.25, -0.2) is 8.42 Å². The third kappa shape index (κ3) is 5.45. The first-order valence-corrected chi connectivity index (χ1v) is 11.4. The second kappa shape index (κ2) is 9.09. The Kier molecular flexibility index (Phi) is 6.52. The van der Waals surface area contributed by atoms with Crippen molar-refractivity contribution in [1.82, 2.24) is 10.3 Å². The van der Waals surface area contributed by atoms with Crippen molar-refractivity contribution in [2.75, 3.05) is 10.6 Å². The normalized spacial score (nSPS) is 11.2. The third-order valence-electron chi connectivity index (χ3n) is 4.90. The Balaban J connectivity index is 1.72. The monoisotopic (exact) mass is 423 g/mol. The molecule has 1 heterocycles. The summed E-state index contributed by atoms with van der Waals surface area (Å²) < 4.78 is 26.1. The number of carbonyl (C=O) groups is 1. The number of carbonyl (C=O) groups excluding carboxylic acids is 1. The van der Waals surface area contributed by atoms with Crippen LogP contribution in [0.3, 0.4) is 0 Å². The molecule has 7 heteroatoms. The van der Waals surface area contributed by atoms with Crippen molar-refractivity contribution >= 4 is 21.6 Å². The molecule has 1 aromatic heterocycles. The number of hydrogen-bond acceptors (Lipinski definition) is 4. The molecule has 0 saturated heterocycles. The number of nitrogens with zero attached hydrogens (tertiary/aromatic N) is 2. The highest BCUT2D eigenvalue weighted by molar-refractivity contribution is 7.92. The first kappa shape index (κ1) is 21.5. The summed E-state index contributed by atoms with van der Waals surface area (Å²) >= 11 is 0. The predicted octanol–water partition coefficient (Wildman–Crippen LogP) is 3.59. The Morgan fingerprint density at radius 3 is 2.33 bits per heavy atom. The minimum atomic E-state index is -3.46. The molecule has 0 saturated carbocycles. The Morgan fingerprint density at radius 2 is 1.73 bits per heavy atom. The van der Waals surface area contributed by atoms with Crippen LogP contribution < -0.4 is 9.62 Å². The van der Waals surface area contributed by atoms with E-state index in [9.17, 15) is 13.2 Å². The van der Waals surface area contributed by atoms with Gasteiger partial charge >= 0.3 is 0 Å². The lowest BCUT2D eigenvalue weighted by atomic mass is 10.1. The van der Waals surface area contributed by atoms with Gasteiger partial charge in [0.15, 0.2) is 0 Å². The molecule has 0 spiro atoms. The number of benzene rings is 2. The van der Waals surface area contributed by atoms with Gasteiger partial charge in [0.25, 0.3) is 5.91 Å². The summed E-state index contributed by atoms with van der Waals surface area (Å²) in [5, 5.41) is 2.85. The molecule has 30 heavy (non-hydrogen) atoms. The summed E-state index contributed by atoms with van der Waals surface area (Å²) in [6, 6.07) is 16.3. The van der Waals surface area contributed by atoms with Crippen LogP contribution >= 0.6 is 0 Å². The second-order valence-electron chi connectivity index (χ2n) is 7.28. The van der Waals surface area contributed by atoms with Crippen molar-refractivity contribution in [3.05, 3.63) is 94.8 Å². The van der Waals surface area contributed by atoms with E-state index in [0.717, 1.165) is 22.3 Å². The molecule has 0 aliphatic heterocycles. The number of hydrogen-bond donors (Lipinski definition) is 1. The molecular formula is C23H25N3O3S. The van der Waals surface area contributed by atoms with E-state index in [4.69, 9.17) is 0 Å². The van der Waals surface area contributed by atoms with Crippen LogP contribution in [0.2, 0.25) is 0 Å². The largest absolute Gasteiger partial charge is 0.348 e. The maximum Gasteiger partial charge on any atom is 0.251 e. The van der Waals surface area contributed by atoms with E-state index in [1.807, 2.05) is 44.2 Å². The topological polar surface area (TPSA) is 79.4 Å². The predicted molar refractivity (Wildman–Crippen MR) is 119 cm³/mol. The smallest absolute Gasteiger partial charge is 0.251 e. The number of anilines is 1. The zero-order valence-electron chi connectivity index (χ0n) is 17.3. The molecule has 6 nitrogen and oxygen atoms in total. The summed E-state index contributed by atoms with van der Waals surface area (Å²) in [6.45, 7) is 4.53. The summed E-state index contributed by atoms with van der Waals surface area (Å²) in [5.41, 5.74) is 4.98. The number of rotatable bonds is 7. The lowest BCUT2D eigenvalue weighted by Gasteiger charge is -2.23. The Hall–Kier alpha value is -3.19. The molecule has 0 aliphatic carbocycles. The molecule has 0 fully saturated rings. The Labute approximate surface area is 177 Å². The number of nitrogens with one attached hydrogen (secondary N) is 1. The van der Waals surface area contributed by atoms with Crippen LogP contribution in [-0.4, -0.2) is 25.6 Å². The molecule has 1 N–H and O–H groups in total. The van der Waals surface area contributed by atoms with Crippen LogP contribution in [-0.2, 0) is 23.1 Å². The van der Waals surface area contributed by atoms with Crippen LogP contribution in [0.15, 0.2) is 67.0 Å². The first-order valence-electron chi connectivity index (χ1n) is 9.55. The summed E-state index contributed by atoms with van der Waals surface area (Å²) in [6.07, 6.45) is 4.58. The molecule has 0 unspecified atom stereocenters. The molecule has 0 atom stereocenters. The van der Waals surface area contributed by atoms with Crippen LogP contribution in [0, 0.1) is 13.8 Å². The molecule has 3 rings (SSSR count). The van der Waals surface area contributed by atoms with Crippen molar-refractivity contribution in [3.8, 4) is 0 Å². The average Bonchev–Trinajstić information content (AvgIpc) is 2.73. The average molecular weight is 424 g/mol. The molecule has 0 bridgehead atoms. The van der Waals surface area contributed by atoms with Crippen LogP contribution in [0.25, 0.3) is 0 Å². The van der Waals surface area contributed by atoms with Gasteiger partial charge in [0.2, 0.25) is 10.0 Å². The van der Waals surface area contributed by atoms with Crippen molar-refractivity contribution in [2.45, 2.75) is 26.9 Å². The van der Waals surface area contributed by atoms with Crippen molar-refractivity contribution in [1.29, 1.82) is 0 Å². The molecular weight excluding hydrogens is 398 g/mol. The lowest BCUT2D eigenvalue weighted by molar-refractivity contribution is 0.0951. The van der Waals surface area contributed by atoms with Crippen LogP contribution in [0.4, 0.5) is 5.69 Å². The molecule has 1 amide bonds. The van der Waals surface area contributed by atoms with Crippen LogP contribution in [0.1, 0.15) is 32.6 Å². The quantitative estimate of drug-likeness (QED) is 0.630. The minimum absolute atomic E-state index is 0.193. The van der Waals surface area contributed by atoms with Crippen molar-refractivity contribution < 1.29 is 13.2 Å². The van der Waals surface area contributed by atoms with E-state index >= 15 is 0 Å². The molecule has 0 aliphatic rings. The fourth-order valence-corrected chi connectivity index (χ4v) is 3.88. The fraction of sp³-hybridized carbons (Fsp3) is 0.217. The van der Waals surface area contributed by atoms with Gasteiger partial charge in [0.05, 0.1) is 18.5 Å². The molecule has 3 aromatic rings. The fourth-order valence-electron chi connectivity index (χ4n) is 3.00. The van der Waals surface area contributed by atoms with Gasteiger partial charge in [-0.1, -0.05) is 24.3 Å². The lowest BCUT2D eigenvalue weighted by Crippen LogP contribution is -2.29. The van der Waals surface area contributed by atoms with Gasteiger partial charge < -0.3 is 5.32 Å². The van der Waals surface area contributed by atoms with Gasteiger partial charge in [-0.15, -0.1) is 0 Å². The zero-order chi connectivity index (χ0) is 21.7. The van der Waals surface area contributed by atoms with E-state index in [-0.39, 0.29) is 12.5 Å². The van der Waals surface area contributed by atoms with E-state index in [0.29, 0.717) is 17.8 Å². The van der Waals surface area contributed by atoms with E-state index in [1.165, 1.54) is 10.6 Å². The number of aromatic nitrogens is 1. The van der Waals surface area contributed by atoms with Crippen molar-refractivity contribution in [3.63, 3.8) is 0 Å². The summed E-state index contributed by atoms with van der Waals surface area (Å²) in [4.78, 5) is 16.4. The second-order valence-corrected chi connectivity index (χ2v) is 9.19. The van der Waals surface area contributed by atoms with Gasteiger partial charge in [-0.2, -0.15) is 0 Å². The Morgan fingerprint density at radius 1 is 1.00 bits per heavy atom.